The monoisotopic (exact) mass is 395 g/mol. The number of amides is 1. The zero-order valence-corrected chi connectivity index (χ0v) is 15.6. The lowest BCUT2D eigenvalue weighted by Gasteiger charge is -2.36. The Kier molecular flexibility index (Phi) is 5.33. The second kappa shape index (κ2) is 8.22. The number of pyridine rings is 2. The first-order valence-electron chi connectivity index (χ1n) is 9.23. The summed E-state index contributed by atoms with van der Waals surface area (Å²) >= 11 is 0. The van der Waals surface area contributed by atoms with E-state index in [2.05, 4.69) is 25.1 Å². The molecule has 3 heterocycles. The zero-order chi connectivity index (χ0) is 20.2. The number of piperazine rings is 1. The molecule has 1 saturated heterocycles. The Labute approximate surface area is 166 Å². The fourth-order valence-electron chi connectivity index (χ4n) is 3.20. The maximum atomic E-state index is 13.7. The topological polar surface area (TPSA) is 61.4 Å². The van der Waals surface area contributed by atoms with E-state index >= 15 is 0 Å². The number of nitrogens with zero attached hydrogens (tertiary/aromatic N) is 4. The van der Waals surface area contributed by atoms with Crippen LogP contribution in [0.15, 0.2) is 60.9 Å². The average Bonchev–Trinajstić information content (AvgIpc) is 2.76. The first-order valence-corrected chi connectivity index (χ1v) is 9.23. The minimum atomic E-state index is -0.825. The molecular formula is C21H19F2N5O. The quantitative estimate of drug-likeness (QED) is 0.734. The van der Waals surface area contributed by atoms with Gasteiger partial charge < -0.3 is 15.1 Å². The number of halogens is 2. The molecule has 1 aromatic carbocycles. The normalized spacial score (nSPS) is 14.0. The largest absolute Gasteiger partial charge is 0.353 e. The minimum Gasteiger partial charge on any atom is -0.353 e. The van der Waals surface area contributed by atoms with Crippen LogP contribution in [0.5, 0.6) is 0 Å². The third-order valence-corrected chi connectivity index (χ3v) is 4.77. The molecule has 0 atom stereocenters. The van der Waals surface area contributed by atoms with Crippen molar-refractivity contribution in [3.8, 4) is 0 Å². The maximum absolute atomic E-state index is 13.7. The predicted octanol–water partition coefficient (Wildman–Crippen LogP) is 3.33. The van der Waals surface area contributed by atoms with Gasteiger partial charge in [-0.3, -0.25) is 4.79 Å². The Morgan fingerprint density at radius 2 is 1.62 bits per heavy atom. The number of carbonyl (C=O) groups excluding carboxylic acids is 1. The number of carbonyl (C=O) groups is 1. The lowest BCUT2D eigenvalue weighted by atomic mass is 10.2. The standard InChI is InChI=1S/C21H19F2N5O/c22-16-5-6-18(17(23)13-16)26-21(29)15-4-7-20(25-14-15)28-11-9-27(10-12-28)19-3-1-2-8-24-19/h1-8,13-14H,9-12H2,(H,26,29). The van der Waals surface area contributed by atoms with Crippen molar-refractivity contribution in [1.82, 2.24) is 9.97 Å². The van der Waals surface area contributed by atoms with E-state index in [-0.39, 0.29) is 5.69 Å². The second-order valence-corrected chi connectivity index (χ2v) is 6.65. The van der Waals surface area contributed by atoms with Crippen molar-refractivity contribution >= 4 is 23.2 Å². The van der Waals surface area contributed by atoms with Crippen molar-refractivity contribution in [2.75, 3.05) is 41.3 Å². The van der Waals surface area contributed by atoms with Crippen LogP contribution >= 0.6 is 0 Å². The summed E-state index contributed by atoms with van der Waals surface area (Å²) in [7, 11) is 0. The van der Waals surface area contributed by atoms with Crippen LogP contribution in [0.4, 0.5) is 26.1 Å². The highest BCUT2D eigenvalue weighted by Crippen LogP contribution is 2.19. The van der Waals surface area contributed by atoms with Crippen LogP contribution in [0.2, 0.25) is 0 Å². The van der Waals surface area contributed by atoms with Crippen LogP contribution in [0.25, 0.3) is 0 Å². The van der Waals surface area contributed by atoms with Gasteiger partial charge in [0.2, 0.25) is 0 Å². The molecule has 1 amide bonds. The van der Waals surface area contributed by atoms with Gasteiger partial charge in [0, 0.05) is 44.6 Å². The molecule has 0 unspecified atom stereocenters. The Bertz CT molecular complexity index is 990. The SMILES string of the molecule is O=C(Nc1ccc(F)cc1F)c1ccc(N2CCN(c3ccccn3)CC2)nc1. The number of hydrogen-bond acceptors (Lipinski definition) is 5. The molecule has 1 fully saturated rings. The summed E-state index contributed by atoms with van der Waals surface area (Å²) in [5.41, 5.74) is 0.218. The van der Waals surface area contributed by atoms with E-state index in [0.717, 1.165) is 49.9 Å². The molecule has 0 bridgehead atoms. The molecule has 1 aliphatic rings. The molecule has 3 aromatic rings. The summed E-state index contributed by atoms with van der Waals surface area (Å²) in [6.45, 7) is 3.22. The summed E-state index contributed by atoms with van der Waals surface area (Å²) in [5, 5.41) is 2.43. The van der Waals surface area contributed by atoms with Gasteiger partial charge >= 0.3 is 0 Å². The van der Waals surface area contributed by atoms with Crippen molar-refractivity contribution in [2.24, 2.45) is 0 Å². The van der Waals surface area contributed by atoms with E-state index in [9.17, 15) is 13.6 Å². The van der Waals surface area contributed by atoms with Gasteiger partial charge in [-0.05, 0) is 36.4 Å². The summed E-state index contributed by atoms with van der Waals surface area (Å²) in [6.07, 6.45) is 3.24. The van der Waals surface area contributed by atoms with E-state index in [0.29, 0.717) is 5.56 Å². The molecule has 0 saturated carbocycles. The van der Waals surface area contributed by atoms with E-state index in [1.165, 1.54) is 12.3 Å². The molecule has 1 N–H and O–H groups in total. The first kappa shape index (κ1) is 18.8. The highest BCUT2D eigenvalue weighted by atomic mass is 19.1. The van der Waals surface area contributed by atoms with Crippen LogP contribution in [0.1, 0.15) is 10.4 Å². The fourth-order valence-corrected chi connectivity index (χ4v) is 3.20. The van der Waals surface area contributed by atoms with Crippen molar-refractivity contribution in [3.05, 3.63) is 78.1 Å². The fraction of sp³-hybridized carbons (Fsp3) is 0.190. The molecule has 4 rings (SSSR count). The van der Waals surface area contributed by atoms with Crippen LogP contribution in [-0.2, 0) is 0 Å². The van der Waals surface area contributed by atoms with Gasteiger partial charge in [0.25, 0.3) is 5.91 Å². The number of aromatic nitrogens is 2. The molecule has 29 heavy (non-hydrogen) atoms. The minimum absolute atomic E-state index is 0.0777. The molecular weight excluding hydrogens is 376 g/mol. The summed E-state index contributed by atoms with van der Waals surface area (Å²) in [6, 6.07) is 12.3. The van der Waals surface area contributed by atoms with Crippen LogP contribution < -0.4 is 15.1 Å². The Morgan fingerprint density at radius 1 is 0.897 bits per heavy atom. The number of hydrogen-bond donors (Lipinski definition) is 1. The third-order valence-electron chi connectivity index (χ3n) is 4.77. The van der Waals surface area contributed by atoms with Crippen LogP contribution in [0, 0.1) is 11.6 Å². The van der Waals surface area contributed by atoms with E-state index in [4.69, 9.17) is 0 Å². The van der Waals surface area contributed by atoms with Gasteiger partial charge in [-0.1, -0.05) is 6.07 Å². The van der Waals surface area contributed by atoms with Gasteiger partial charge in [0.1, 0.15) is 23.3 Å². The first-order chi connectivity index (χ1) is 14.1. The van der Waals surface area contributed by atoms with E-state index < -0.39 is 17.5 Å². The Balaban J connectivity index is 1.37. The van der Waals surface area contributed by atoms with E-state index in [1.807, 2.05) is 18.2 Å². The number of anilines is 3. The number of benzene rings is 1. The molecule has 1 aliphatic heterocycles. The van der Waals surface area contributed by atoms with Gasteiger partial charge in [-0.2, -0.15) is 0 Å². The van der Waals surface area contributed by atoms with Gasteiger partial charge in [-0.25, -0.2) is 18.7 Å². The predicted molar refractivity (Wildman–Crippen MR) is 107 cm³/mol. The molecule has 148 valence electrons. The lowest BCUT2D eigenvalue weighted by Crippen LogP contribution is -2.47. The Morgan fingerprint density at radius 3 is 2.21 bits per heavy atom. The molecule has 8 heteroatoms. The smallest absolute Gasteiger partial charge is 0.257 e. The van der Waals surface area contributed by atoms with Crippen molar-refractivity contribution in [1.29, 1.82) is 0 Å². The molecule has 0 radical (unpaired) electrons. The van der Waals surface area contributed by atoms with Gasteiger partial charge in [0.15, 0.2) is 0 Å². The van der Waals surface area contributed by atoms with Crippen LogP contribution in [-0.4, -0.2) is 42.1 Å². The maximum Gasteiger partial charge on any atom is 0.257 e. The Hall–Kier alpha value is -3.55. The average molecular weight is 395 g/mol. The van der Waals surface area contributed by atoms with Crippen molar-refractivity contribution in [3.63, 3.8) is 0 Å². The second-order valence-electron chi connectivity index (χ2n) is 6.65. The summed E-state index contributed by atoms with van der Waals surface area (Å²) in [5.74, 6) is -0.298. The molecule has 0 aliphatic carbocycles. The summed E-state index contributed by atoms with van der Waals surface area (Å²) < 4.78 is 26.7. The number of nitrogens with one attached hydrogen (secondary N) is 1. The molecule has 0 spiro atoms. The zero-order valence-electron chi connectivity index (χ0n) is 15.6. The van der Waals surface area contributed by atoms with Gasteiger partial charge in [0.05, 0.1) is 11.3 Å². The highest BCUT2D eigenvalue weighted by Gasteiger charge is 2.19. The lowest BCUT2D eigenvalue weighted by molar-refractivity contribution is 0.102. The molecule has 2 aromatic heterocycles. The van der Waals surface area contributed by atoms with Gasteiger partial charge in [-0.15, -0.1) is 0 Å². The highest BCUT2D eigenvalue weighted by molar-refractivity contribution is 6.04. The molecule has 6 nitrogen and oxygen atoms in total. The van der Waals surface area contributed by atoms with Crippen molar-refractivity contribution in [2.45, 2.75) is 0 Å². The van der Waals surface area contributed by atoms with Crippen LogP contribution in [0.3, 0.4) is 0 Å². The number of rotatable bonds is 4. The summed E-state index contributed by atoms with van der Waals surface area (Å²) in [4.78, 5) is 25.4. The van der Waals surface area contributed by atoms with Crippen molar-refractivity contribution < 1.29 is 13.6 Å². The van der Waals surface area contributed by atoms with E-state index in [1.54, 1.807) is 18.3 Å². The third kappa shape index (κ3) is 4.31.